The molecule has 0 amide bonds. The second kappa shape index (κ2) is 6.64. The van der Waals surface area contributed by atoms with E-state index in [1.807, 2.05) is 20.8 Å². The molecule has 0 aliphatic rings. The van der Waals surface area contributed by atoms with E-state index in [2.05, 4.69) is 4.74 Å². The molecule has 0 rings (SSSR count). The Bertz CT molecular complexity index is 253. The Balaban J connectivity index is 3.74. The van der Waals surface area contributed by atoms with Crippen LogP contribution in [0.3, 0.4) is 0 Å². The molecule has 0 fully saturated rings. The first kappa shape index (κ1) is 14.2. The minimum atomic E-state index is -0.445. The maximum absolute atomic E-state index is 11.2. The molecule has 4 nitrogen and oxygen atoms in total. The van der Waals surface area contributed by atoms with E-state index in [9.17, 15) is 9.59 Å². The predicted molar refractivity (Wildman–Crippen MR) is 57.6 cm³/mol. The molecule has 0 aliphatic heterocycles. The van der Waals surface area contributed by atoms with Crippen molar-refractivity contribution < 1.29 is 19.1 Å². The van der Waals surface area contributed by atoms with E-state index in [-0.39, 0.29) is 20.9 Å². The molecule has 0 bridgehead atoms. The second-order valence-electron chi connectivity index (χ2n) is 3.72. The summed E-state index contributed by atoms with van der Waals surface area (Å²) in [6, 6.07) is 0. The third kappa shape index (κ3) is 9.50. The van der Waals surface area contributed by atoms with Crippen LogP contribution in [0.15, 0.2) is 11.1 Å². The van der Waals surface area contributed by atoms with Crippen molar-refractivity contribution in [3.8, 4) is 0 Å². The number of ether oxygens (including phenoxy) is 2. The SMILES string of the molecule is COC(=O)/C=C\[Se]CC(=O)OC(C)(C)C. The van der Waals surface area contributed by atoms with Gasteiger partial charge in [0.2, 0.25) is 0 Å². The summed E-state index contributed by atoms with van der Waals surface area (Å²) >= 11 is -0.0590. The van der Waals surface area contributed by atoms with Gasteiger partial charge in [0.05, 0.1) is 0 Å². The molecule has 0 aromatic heterocycles. The Morgan fingerprint density at radius 2 is 1.93 bits per heavy atom. The Hall–Kier alpha value is -0.801. The van der Waals surface area contributed by atoms with E-state index < -0.39 is 11.6 Å². The first-order valence-electron chi connectivity index (χ1n) is 4.43. The summed E-state index contributed by atoms with van der Waals surface area (Å²) < 4.78 is 9.50. The monoisotopic (exact) mass is 280 g/mol. The quantitative estimate of drug-likeness (QED) is 0.440. The predicted octanol–water partition coefficient (Wildman–Crippen LogP) is 1.14. The standard InChI is InChI=1S/C10H16O4Se/c1-10(2,3)14-9(12)7-15-6-5-8(11)13-4/h5-6H,7H2,1-4H3/b6-5-. The molecule has 0 aromatic rings. The van der Waals surface area contributed by atoms with E-state index in [1.165, 1.54) is 13.2 Å². The van der Waals surface area contributed by atoms with Gasteiger partial charge in [-0.25, -0.2) is 0 Å². The average Bonchev–Trinajstić information content (AvgIpc) is 2.09. The average molecular weight is 279 g/mol. The molecule has 0 radical (unpaired) electrons. The minimum absolute atomic E-state index is 0.0590. The van der Waals surface area contributed by atoms with E-state index >= 15 is 0 Å². The fourth-order valence-corrected chi connectivity index (χ4v) is 1.70. The molecule has 0 N–H and O–H groups in total. The molecule has 0 heterocycles. The molecule has 0 atom stereocenters. The van der Waals surface area contributed by atoms with Gasteiger partial charge in [0.25, 0.3) is 0 Å². The van der Waals surface area contributed by atoms with Gasteiger partial charge in [0, 0.05) is 0 Å². The molecule has 0 aromatic carbocycles. The van der Waals surface area contributed by atoms with Crippen LogP contribution in [-0.2, 0) is 19.1 Å². The number of carbonyl (C=O) groups is 2. The summed E-state index contributed by atoms with van der Waals surface area (Å²) in [7, 11) is 1.31. The number of carbonyl (C=O) groups excluding carboxylic acids is 2. The van der Waals surface area contributed by atoms with Crippen molar-refractivity contribution in [3.05, 3.63) is 11.1 Å². The molecule has 5 heteroatoms. The second-order valence-corrected chi connectivity index (χ2v) is 5.60. The van der Waals surface area contributed by atoms with E-state index in [0.717, 1.165) is 0 Å². The first-order valence-corrected chi connectivity index (χ1v) is 6.63. The Kier molecular flexibility index (Phi) is 6.29. The van der Waals surface area contributed by atoms with E-state index in [1.54, 1.807) is 4.97 Å². The molecule has 0 saturated heterocycles. The van der Waals surface area contributed by atoms with Crippen molar-refractivity contribution in [2.75, 3.05) is 7.11 Å². The summed E-state index contributed by atoms with van der Waals surface area (Å²) in [5.74, 6) is -0.641. The molecule has 0 aliphatic carbocycles. The normalized spacial score (nSPS) is 11.5. The van der Waals surface area contributed by atoms with Gasteiger partial charge < -0.3 is 0 Å². The van der Waals surface area contributed by atoms with Crippen molar-refractivity contribution in [3.63, 3.8) is 0 Å². The zero-order chi connectivity index (χ0) is 11.9. The summed E-state index contributed by atoms with van der Waals surface area (Å²) in [6.45, 7) is 5.46. The van der Waals surface area contributed by atoms with E-state index in [4.69, 9.17) is 4.74 Å². The Morgan fingerprint density at radius 3 is 2.40 bits per heavy atom. The van der Waals surface area contributed by atoms with Crippen LogP contribution in [-0.4, -0.2) is 39.6 Å². The zero-order valence-electron chi connectivity index (χ0n) is 9.40. The molecular formula is C10H16O4Se. The first-order chi connectivity index (χ1) is 6.85. The van der Waals surface area contributed by atoms with Gasteiger partial charge in [-0.15, -0.1) is 0 Å². The fraction of sp³-hybridized carbons (Fsp3) is 0.600. The van der Waals surface area contributed by atoms with Crippen LogP contribution < -0.4 is 0 Å². The van der Waals surface area contributed by atoms with Crippen molar-refractivity contribution in [1.29, 1.82) is 0 Å². The summed E-state index contributed by atoms with van der Waals surface area (Å²) in [4.78, 5) is 23.5. The number of rotatable bonds is 4. The number of methoxy groups -OCH3 is 1. The van der Waals surface area contributed by atoms with Gasteiger partial charge in [-0.2, -0.15) is 0 Å². The van der Waals surface area contributed by atoms with Gasteiger partial charge in [-0.05, 0) is 0 Å². The van der Waals surface area contributed by atoms with Gasteiger partial charge >= 0.3 is 95.8 Å². The van der Waals surface area contributed by atoms with Crippen LogP contribution >= 0.6 is 0 Å². The summed E-state index contributed by atoms with van der Waals surface area (Å²) in [5, 5.41) is 0.331. The fourth-order valence-electron chi connectivity index (χ4n) is 0.659. The van der Waals surface area contributed by atoms with Crippen molar-refractivity contribution >= 4 is 26.9 Å². The molecule has 0 saturated carbocycles. The molecule has 86 valence electrons. The molecule has 0 spiro atoms. The molecule has 0 unspecified atom stereocenters. The number of esters is 2. The number of hydrogen-bond donors (Lipinski definition) is 0. The van der Waals surface area contributed by atoms with Crippen LogP contribution in [0.2, 0.25) is 5.32 Å². The van der Waals surface area contributed by atoms with Crippen LogP contribution in [0.1, 0.15) is 20.8 Å². The van der Waals surface area contributed by atoms with Gasteiger partial charge in [-0.1, -0.05) is 0 Å². The topological polar surface area (TPSA) is 52.6 Å². The van der Waals surface area contributed by atoms with Crippen molar-refractivity contribution in [1.82, 2.24) is 0 Å². The third-order valence-electron chi connectivity index (χ3n) is 1.12. The summed E-state index contributed by atoms with van der Waals surface area (Å²) in [6.07, 6.45) is 1.32. The maximum atomic E-state index is 11.2. The Labute approximate surface area is 96.2 Å². The third-order valence-corrected chi connectivity index (χ3v) is 2.66. The zero-order valence-corrected chi connectivity index (χ0v) is 11.1. The number of hydrogen-bond acceptors (Lipinski definition) is 4. The Morgan fingerprint density at radius 1 is 1.33 bits per heavy atom. The van der Waals surface area contributed by atoms with Crippen LogP contribution in [0.25, 0.3) is 0 Å². The van der Waals surface area contributed by atoms with E-state index in [0.29, 0.717) is 5.32 Å². The van der Waals surface area contributed by atoms with Crippen LogP contribution in [0.5, 0.6) is 0 Å². The van der Waals surface area contributed by atoms with Crippen LogP contribution in [0, 0.1) is 0 Å². The van der Waals surface area contributed by atoms with Gasteiger partial charge in [-0.3, -0.25) is 0 Å². The summed E-state index contributed by atoms with van der Waals surface area (Å²) in [5.41, 5.74) is -0.445. The molecule has 15 heavy (non-hydrogen) atoms. The van der Waals surface area contributed by atoms with Gasteiger partial charge in [0.15, 0.2) is 0 Å². The van der Waals surface area contributed by atoms with Gasteiger partial charge in [0.1, 0.15) is 0 Å². The van der Waals surface area contributed by atoms with Crippen molar-refractivity contribution in [2.45, 2.75) is 31.7 Å². The van der Waals surface area contributed by atoms with Crippen LogP contribution in [0.4, 0.5) is 0 Å². The van der Waals surface area contributed by atoms with Crippen molar-refractivity contribution in [2.24, 2.45) is 0 Å². The molecular weight excluding hydrogens is 263 g/mol.